The number of anilines is 1. The second-order valence-electron chi connectivity index (χ2n) is 5.14. The summed E-state index contributed by atoms with van der Waals surface area (Å²) in [5, 5.41) is 0. The summed E-state index contributed by atoms with van der Waals surface area (Å²) in [4.78, 5) is 4.23. The Kier molecular flexibility index (Phi) is 3.19. The molecule has 2 N–H and O–H groups in total. The van der Waals surface area contributed by atoms with E-state index in [2.05, 4.69) is 20.9 Å². The second kappa shape index (κ2) is 4.39. The van der Waals surface area contributed by atoms with Crippen LogP contribution in [-0.2, 0) is 5.54 Å². The molecule has 2 rings (SSSR count). The molecule has 0 amide bonds. The summed E-state index contributed by atoms with van der Waals surface area (Å²) in [5.41, 5.74) is 6.76. The van der Waals surface area contributed by atoms with Gasteiger partial charge < -0.3 is 10.3 Å². The highest BCUT2D eigenvalue weighted by Gasteiger charge is 2.20. The lowest BCUT2D eigenvalue weighted by Gasteiger charge is -2.22. The number of nitrogens with zero attached hydrogens (tertiary/aromatic N) is 2. The zero-order chi connectivity index (χ0) is 13.5. The third-order valence-electron chi connectivity index (χ3n) is 2.71. The molecule has 96 valence electrons. The van der Waals surface area contributed by atoms with Crippen molar-refractivity contribution in [2.75, 3.05) is 5.73 Å². The third kappa shape index (κ3) is 2.27. The number of hydrogen-bond donors (Lipinski definition) is 1. The molecule has 0 unspecified atom stereocenters. The zero-order valence-corrected chi connectivity index (χ0v) is 12.1. The normalized spacial score (nSPS) is 11.8. The molecule has 0 atom stereocenters. The molecule has 0 saturated carbocycles. The highest BCUT2D eigenvalue weighted by molar-refractivity contribution is 9.10. The van der Waals surface area contributed by atoms with Gasteiger partial charge in [0, 0.05) is 15.6 Å². The van der Waals surface area contributed by atoms with Crippen molar-refractivity contribution in [3.8, 4) is 11.3 Å². The highest BCUT2D eigenvalue weighted by atomic mass is 79.9. The van der Waals surface area contributed by atoms with Crippen LogP contribution in [0.3, 0.4) is 0 Å². The summed E-state index contributed by atoms with van der Waals surface area (Å²) in [6.07, 6.45) is 1.64. The molecule has 3 nitrogen and oxygen atoms in total. The highest BCUT2D eigenvalue weighted by Crippen LogP contribution is 2.31. The summed E-state index contributed by atoms with van der Waals surface area (Å²) in [6, 6.07) is 4.73. The quantitative estimate of drug-likeness (QED) is 0.870. The van der Waals surface area contributed by atoms with Crippen LogP contribution in [0.4, 0.5) is 10.2 Å². The first-order chi connectivity index (χ1) is 8.30. The van der Waals surface area contributed by atoms with Crippen LogP contribution >= 0.6 is 15.9 Å². The van der Waals surface area contributed by atoms with Gasteiger partial charge in [0.15, 0.2) is 0 Å². The molecule has 0 aliphatic carbocycles. The molecular formula is C13H15BrFN3. The van der Waals surface area contributed by atoms with Crippen LogP contribution < -0.4 is 5.73 Å². The van der Waals surface area contributed by atoms with Gasteiger partial charge in [0.05, 0.1) is 6.33 Å². The van der Waals surface area contributed by atoms with Crippen LogP contribution in [0.25, 0.3) is 11.3 Å². The number of halogens is 2. The largest absolute Gasteiger partial charge is 0.383 e. The maximum absolute atomic E-state index is 13.8. The van der Waals surface area contributed by atoms with Crippen molar-refractivity contribution < 1.29 is 4.39 Å². The number of aromatic nitrogens is 2. The fourth-order valence-electron chi connectivity index (χ4n) is 1.78. The molecule has 1 heterocycles. The van der Waals surface area contributed by atoms with Crippen LogP contribution in [0.15, 0.2) is 29.0 Å². The van der Waals surface area contributed by atoms with Gasteiger partial charge in [-0.25, -0.2) is 9.37 Å². The van der Waals surface area contributed by atoms with Crippen molar-refractivity contribution >= 4 is 21.7 Å². The van der Waals surface area contributed by atoms with E-state index in [0.29, 0.717) is 17.1 Å². The predicted octanol–water partition coefficient (Wildman–Crippen LogP) is 3.79. The van der Waals surface area contributed by atoms with Crippen molar-refractivity contribution in [1.29, 1.82) is 0 Å². The van der Waals surface area contributed by atoms with Crippen molar-refractivity contribution in [3.63, 3.8) is 0 Å². The van der Waals surface area contributed by atoms with Crippen LogP contribution in [0.5, 0.6) is 0 Å². The lowest BCUT2D eigenvalue weighted by molar-refractivity contribution is 0.402. The lowest BCUT2D eigenvalue weighted by Crippen LogP contribution is -2.22. The Balaban J connectivity index is 2.59. The predicted molar refractivity (Wildman–Crippen MR) is 74.7 cm³/mol. The molecule has 0 fully saturated rings. The average molecular weight is 312 g/mol. The molecule has 0 aliphatic rings. The molecular weight excluding hydrogens is 297 g/mol. The van der Waals surface area contributed by atoms with Gasteiger partial charge in [-0.3, -0.25) is 0 Å². The number of hydrogen-bond acceptors (Lipinski definition) is 2. The summed E-state index contributed by atoms with van der Waals surface area (Å²) >= 11 is 3.32. The van der Waals surface area contributed by atoms with E-state index in [1.54, 1.807) is 18.5 Å². The zero-order valence-electron chi connectivity index (χ0n) is 10.5. The maximum Gasteiger partial charge on any atom is 0.132 e. The molecule has 0 saturated heterocycles. The minimum Gasteiger partial charge on any atom is -0.383 e. The van der Waals surface area contributed by atoms with Gasteiger partial charge in [-0.2, -0.15) is 0 Å². The molecule has 0 radical (unpaired) electrons. The van der Waals surface area contributed by atoms with Crippen LogP contribution in [0, 0.1) is 5.82 Å². The monoisotopic (exact) mass is 311 g/mol. The van der Waals surface area contributed by atoms with E-state index in [-0.39, 0.29) is 11.4 Å². The van der Waals surface area contributed by atoms with Crippen molar-refractivity contribution in [1.82, 2.24) is 9.55 Å². The number of benzene rings is 1. The molecule has 0 spiro atoms. The Morgan fingerprint density at radius 2 is 2.00 bits per heavy atom. The summed E-state index contributed by atoms with van der Waals surface area (Å²) < 4.78 is 16.4. The maximum atomic E-state index is 13.8. The molecule has 0 aliphatic heterocycles. The summed E-state index contributed by atoms with van der Waals surface area (Å²) in [6.45, 7) is 6.06. The minimum absolute atomic E-state index is 0.183. The first-order valence-corrected chi connectivity index (χ1v) is 6.38. The smallest absolute Gasteiger partial charge is 0.132 e. The molecule has 2 aromatic rings. The third-order valence-corrected chi connectivity index (χ3v) is 3.20. The van der Waals surface area contributed by atoms with E-state index < -0.39 is 0 Å². The van der Waals surface area contributed by atoms with E-state index in [9.17, 15) is 4.39 Å². The Hall–Kier alpha value is -1.36. The van der Waals surface area contributed by atoms with E-state index in [0.717, 1.165) is 4.47 Å². The van der Waals surface area contributed by atoms with Crippen molar-refractivity contribution in [2.24, 2.45) is 0 Å². The van der Waals surface area contributed by atoms with Gasteiger partial charge in [-0.1, -0.05) is 15.9 Å². The molecule has 1 aromatic heterocycles. The second-order valence-corrected chi connectivity index (χ2v) is 6.06. The Morgan fingerprint density at radius 1 is 1.33 bits per heavy atom. The van der Waals surface area contributed by atoms with Crippen LogP contribution in [0.1, 0.15) is 20.8 Å². The van der Waals surface area contributed by atoms with E-state index in [4.69, 9.17) is 5.73 Å². The fourth-order valence-corrected chi connectivity index (χ4v) is 2.14. The van der Waals surface area contributed by atoms with E-state index >= 15 is 0 Å². The van der Waals surface area contributed by atoms with Gasteiger partial charge in [0.25, 0.3) is 0 Å². The SMILES string of the molecule is CC(C)(C)n1cnc(-c2cc(Br)ccc2F)c1N. The topological polar surface area (TPSA) is 43.8 Å². The fraction of sp³-hybridized carbons (Fsp3) is 0.308. The van der Waals surface area contributed by atoms with Crippen molar-refractivity contribution in [2.45, 2.75) is 26.3 Å². The average Bonchev–Trinajstić information content (AvgIpc) is 2.63. The summed E-state index contributed by atoms with van der Waals surface area (Å²) in [7, 11) is 0. The van der Waals surface area contributed by atoms with Gasteiger partial charge >= 0.3 is 0 Å². The van der Waals surface area contributed by atoms with E-state index in [1.165, 1.54) is 6.07 Å². The minimum atomic E-state index is -0.330. The van der Waals surface area contributed by atoms with Crippen molar-refractivity contribution in [3.05, 3.63) is 34.8 Å². The molecule has 0 bridgehead atoms. The first kappa shape index (κ1) is 13.1. The Bertz CT molecular complexity index is 584. The molecule has 18 heavy (non-hydrogen) atoms. The molecule has 5 heteroatoms. The Labute approximate surface area is 114 Å². The standard InChI is InChI=1S/C13H15BrFN3/c1-13(2,3)18-7-17-11(12(18)16)9-6-8(14)4-5-10(9)15/h4-7H,16H2,1-3H3. The van der Waals surface area contributed by atoms with E-state index in [1.807, 2.05) is 25.3 Å². The summed E-state index contributed by atoms with van der Waals surface area (Å²) in [5.74, 6) is 0.142. The van der Waals surface area contributed by atoms with Crippen LogP contribution in [-0.4, -0.2) is 9.55 Å². The van der Waals surface area contributed by atoms with Gasteiger partial charge in [0.1, 0.15) is 17.3 Å². The van der Waals surface area contributed by atoms with Crippen LogP contribution in [0.2, 0.25) is 0 Å². The number of nitrogens with two attached hydrogens (primary N) is 1. The number of imidazole rings is 1. The lowest BCUT2D eigenvalue weighted by atomic mass is 10.1. The first-order valence-electron chi connectivity index (χ1n) is 5.59. The number of nitrogen functional groups attached to an aromatic ring is 1. The number of rotatable bonds is 1. The Morgan fingerprint density at radius 3 is 2.56 bits per heavy atom. The van der Waals surface area contributed by atoms with Gasteiger partial charge in [-0.15, -0.1) is 0 Å². The van der Waals surface area contributed by atoms with Gasteiger partial charge in [-0.05, 0) is 39.0 Å². The van der Waals surface area contributed by atoms with Gasteiger partial charge in [0.2, 0.25) is 0 Å². The molecule has 1 aromatic carbocycles.